The van der Waals surface area contributed by atoms with Crippen LogP contribution in [0, 0.1) is 13.8 Å². The van der Waals surface area contributed by atoms with E-state index in [1.165, 1.54) is 17.0 Å². The summed E-state index contributed by atoms with van der Waals surface area (Å²) in [5.41, 5.74) is 3.38. The van der Waals surface area contributed by atoms with Gasteiger partial charge in [0.15, 0.2) is 0 Å². The molecule has 4 aromatic rings. The van der Waals surface area contributed by atoms with Crippen LogP contribution >= 0.6 is 0 Å². The molecule has 1 aromatic carbocycles. The van der Waals surface area contributed by atoms with Gasteiger partial charge in [-0.25, -0.2) is 9.31 Å². The summed E-state index contributed by atoms with van der Waals surface area (Å²) in [5.74, 6) is -0.0608. The zero-order valence-corrected chi connectivity index (χ0v) is 13.1. The van der Waals surface area contributed by atoms with Crippen LogP contribution in [0.25, 0.3) is 16.4 Å². The van der Waals surface area contributed by atoms with Crippen molar-refractivity contribution in [2.75, 3.05) is 0 Å². The lowest BCUT2D eigenvalue weighted by Gasteiger charge is -2.07. The topological polar surface area (TPSA) is 92.5 Å². The molecule has 3 heterocycles. The third kappa shape index (κ3) is 2.18. The number of nitrogens with one attached hydrogen (secondary N) is 1. The molecule has 4 rings (SSSR count). The van der Waals surface area contributed by atoms with Crippen LogP contribution in [0.15, 0.2) is 36.8 Å². The highest BCUT2D eigenvalue weighted by Gasteiger charge is 2.18. The van der Waals surface area contributed by atoms with Crippen LogP contribution in [-0.4, -0.2) is 30.7 Å². The van der Waals surface area contributed by atoms with Gasteiger partial charge in [-0.2, -0.15) is 10.1 Å². The van der Waals surface area contributed by atoms with Crippen molar-refractivity contribution in [1.82, 2.24) is 19.6 Å². The van der Waals surface area contributed by atoms with E-state index < -0.39 is 5.97 Å². The van der Waals surface area contributed by atoms with Crippen LogP contribution in [0.5, 0.6) is 11.6 Å². The van der Waals surface area contributed by atoms with Crippen LogP contribution in [-0.2, 0) is 0 Å². The molecule has 24 heavy (non-hydrogen) atoms. The molecule has 0 radical (unpaired) electrons. The summed E-state index contributed by atoms with van der Waals surface area (Å²) in [5, 5.41) is 14.4. The third-order valence-electron chi connectivity index (χ3n) is 3.97. The normalized spacial score (nSPS) is 11.2. The SMILES string of the molecule is Cc1cc2cc(Oc3ncnn4cc(C(=O)O)c(C)c34)ccc2[nH]1. The fraction of sp³-hybridized carbons (Fsp3) is 0.118. The molecule has 7 heteroatoms. The van der Waals surface area contributed by atoms with Gasteiger partial charge in [0, 0.05) is 22.8 Å². The summed E-state index contributed by atoms with van der Waals surface area (Å²) in [7, 11) is 0. The number of rotatable bonds is 3. The Morgan fingerprint density at radius 2 is 2.12 bits per heavy atom. The number of hydrogen-bond acceptors (Lipinski definition) is 4. The van der Waals surface area contributed by atoms with Crippen molar-refractivity contribution in [1.29, 1.82) is 0 Å². The van der Waals surface area contributed by atoms with Crippen LogP contribution < -0.4 is 4.74 Å². The lowest BCUT2D eigenvalue weighted by molar-refractivity contribution is 0.0696. The van der Waals surface area contributed by atoms with E-state index in [4.69, 9.17) is 4.74 Å². The van der Waals surface area contributed by atoms with Crippen molar-refractivity contribution >= 4 is 22.4 Å². The van der Waals surface area contributed by atoms with Gasteiger partial charge in [-0.3, -0.25) is 0 Å². The number of carbonyl (C=O) groups is 1. The summed E-state index contributed by atoms with van der Waals surface area (Å²) >= 11 is 0. The Morgan fingerprint density at radius 3 is 2.92 bits per heavy atom. The molecule has 3 aromatic heterocycles. The largest absolute Gasteiger partial charge is 0.478 e. The summed E-state index contributed by atoms with van der Waals surface area (Å²) in [6.07, 6.45) is 2.80. The zero-order chi connectivity index (χ0) is 16.8. The zero-order valence-electron chi connectivity index (χ0n) is 13.1. The molecule has 0 spiro atoms. The predicted octanol–water partition coefficient (Wildman–Crippen LogP) is 3.32. The van der Waals surface area contributed by atoms with Gasteiger partial charge in [0.1, 0.15) is 17.6 Å². The third-order valence-corrected chi connectivity index (χ3v) is 3.97. The van der Waals surface area contributed by atoms with Crippen LogP contribution in [0.4, 0.5) is 0 Å². The molecule has 0 aliphatic carbocycles. The van der Waals surface area contributed by atoms with Crippen molar-refractivity contribution < 1.29 is 14.6 Å². The molecule has 0 aliphatic heterocycles. The Bertz CT molecular complexity index is 1090. The van der Waals surface area contributed by atoms with E-state index in [2.05, 4.69) is 15.1 Å². The van der Waals surface area contributed by atoms with E-state index in [9.17, 15) is 9.90 Å². The molecule has 120 valence electrons. The first-order valence-corrected chi connectivity index (χ1v) is 7.36. The molecule has 2 N–H and O–H groups in total. The standard InChI is InChI=1S/C17H14N4O3/c1-9-5-11-6-12(3-4-14(11)20-9)24-16-15-10(2)13(17(22)23)7-21(15)19-8-18-16/h3-8,20H,1-2H3,(H,22,23). The Hall–Kier alpha value is -3.35. The fourth-order valence-electron chi connectivity index (χ4n) is 2.85. The highest BCUT2D eigenvalue weighted by Crippen LogP contribution is 2.30. The number of benzene rings is 1. The molecule has 0 amide bonds. The van der Waals surface area contributed by atoms with E-state index in [-0.39, 0.29) is 5.56 Å². The maximum absolute atomic E-state index is 11.3. The molecule has 0 saturated carbocycles. The fourth-order valence-corrected chi connectivity index (χ4v) is 2.85. The van der Waals surface area contributed by atoms with Gasteiger partial charge in [0.25, 0.3) is 0 Å². The minimum Gasteiger partial charge on any atom is -0.478 e. The molecule has 0 saturated heterocycles. The summed E-state index contributed by atoms with van der Waals surface area (Å²) in [6, 6.07) is 7.72. The number of hydrogen-bond donors (Lipinski definition) is 2. The summed E-state index contributed by atoms with van der Waals surface area (Å²) in [6.45, 7) is 3.71. The number of H-pyrrole nitrogens is 1. The van der Waals surface area contributed by atoms with Gasteiger partial charge in [-0.1, -0.05) is 0 Å². The average molecular weight is 322 g/mol. The summed E-state index contributed by atoms with van der Waals surface area (Å²) in [4.78, 5) is 18.7. The Labute approximate surface area is 136 Å². The van der Waals surface area contributed by atoms with Gasteiger partial charge in [0.05, 0.1) is 5.56 Å². The first-order valence-electron chi connectivity index (χ1n) is 7.36. The number of aromatic carboxylic acids is 1. The van der Waals surface area contributed by atoms with Gasteiger partial charge in [-0.15, -0.1) is 0 Å². The number of nitrogens with zero attached hydrogens (tertiary/aromatic N) is 3. The predicted molar refractivity (Wildman–Crippen MR) is 87.8 cm³/mol. The van der Waals surface area contributed by atoms with Crippen LogP contribution in [0.2, 0.25) is 0 Å². The Balaban J connectivity index is 1.81. The summed E-state index contributed by atoms with van der Waals surface area (Å²) < 4.78 is 7.38. The quantitative estimate of drug-likeness (QED) is 0.603. The van der Waals surface area contributed by atoms with Crippen LogP contribution in [0.3, 0.4) is 0 Å². The molecule has 0 aliphatic rings. The number of aromatic amines is 1. The molecule has 0 atom stereocenters. The maximum Gasteiger partial charge on any atom is 0.337 e. The number of carboxylic acids is 1. The Morgan fingerprint density at radius 1 is 1.29 bits per heavy atom. The van der Waals surface area contributed by atoms with E-state index in [0.717, 1.165) is 16.6 Å². The highest BCUT2D eigenvalue weighted by molar-refractivity contribution is 5.92. The van der Waals surface area contributed by atoms with Crippen LogP contribution in [0.1, 0.15) is 21.6 Å². The number of fused-ring (bicyclic) bond motifs is 2. The minimum absolute atomic E-state index is 0.178. The van der Waals surface area contributed by atoms with Crippen molar-refractivity contribution in [2.24, 2.45) is 0 Å². The van der Waals surface area contributed by atoms with E-state index in [1.54, 1.807) is 6.92 Å². The van der Waals surface area contributed by atoms with E-state index >= 15 is 0 Å². The lowest BCUT2D eigenvalue weighted by atomic mass is 10.2. The molecular weight excluding hydrogens is 308 g/mol. The molecule has 7 nitrogen and oxygen atoms in total. The van der Waals surface area contributed by atoms with Gasteiger partial charge in [0.2, 0.25) is 5.88 Å². The second-order valence-corrected chi connectivity index (χ2v) is 5.63. The highest BCUT2D eigenvalue weighted by atomic mass is 16.5. The van der Waals surface area contributed by atoms with Gasteiger partial charge >= 0.3 is 5.97 Å². The van der Waals surface area contributed by atoms with Crippen molar-refractivity contribution in [3.05, 3.63) is 53.6 Å². The van der Waals surface area contributed by atoms with Crippen molar-refractivity contribution in [3.8, 4) is 11.6 Å². The lowest BCUT2D eigenvalue weighted by Crippen LogP contribution is -1.96. The molecular formula is C17H14N4O3. The first kappa shape index (κ1) is 14.3. The molecule has 0 unspecified atom stereocenters. The van der Waals surface area contributed by atoms with Crippen molar-refractivity contribution in [2.45, 2.75) is 13.8 Å². The average Bonchev–Trinajstić information content (AvgIpc) is 3.07. The smallest absolute Gasteiger partial charge is 0.337 e. The monoisotopic (exact) mass is 322 g/mol. The second-order valence-electron chi connectivity index (χ2n) is 5.63. The van der Waals surface area contributed by atoms with Crippen molar-refractivity contribution in [3.63, 3.8) is 0 Å². The minimum atomic E-state index is -1.01. The Kier molecular flexibility index (Phi) is 3.02. The van der Waals surface area contributed by atoms with Gasteiger partial charge in [-0.05, 0) is 43.7 Å². The van der Waals surface area contributed by atoms with Gasteiger partial charge < -0.3 is 14.8 Å². The van der Waals surface area contributed by atoms with E-state index in [1.807, 2.05) is 31.2 Å². The number of carboxylic acid groups (broad SMARTS) is 1. The maximum atomic E-state index is 11.3. The number of aryl methyl sites for hydroxylation is 2. The first-order chi connectivity index (χ1) is 11.5. The number of aromatic nitrogens is 4. The van der Waals surface area contributed by atoms with E-state index in [0.29, 0.717) is 22.7 Å². The molecule has 0 fully saturated rings. The number of ether oxygens (including phenoxy) is 1. The molecule has 0 bridgehead atoms. The second kappa shape index (κ2) is 5.09.